The minimum Gasteiger partial charge on any atom is -0.462 e. The fourth-order valence-electron chi connectivity index (χ4n) is 3.97. The molecule has 0 saturated carbocycles. The van der Waals surface area contributed by atoms with Crippen molar-refractivity contribution in [1.29, 1.82) is 0 Å². The summed E-state index contributed by atoms with van der Waals surface area (Å²) in [5.41, 5.74) is 1.05. The summed E-state index contributed by atoms with van der Waals surface area (Å²) in [6.45, 7) is 8.25. The van der Waals surface area contributed by atoms with Gasteiger partial charge >= 0.3 is 5.97 Å². The lowest BCUT2D eigenvalue weighted by Gasteiger charge is -2.40. The Labute approximate surface area is 192 Å². The van der Waals surface area contributed by atoms with Gasteiger partial charge in [-0.3, -0.25) is 9.59 Å². The van der Waals surface area contributed by atoms with Gasteiger partial charge in [0, 0.05) is 31.2 Å². The van der Waals surface area contributed by atoms with E-state index in [1.807, 2.05) is 13.8 Å². The molecule has 33 heavy (non-hydrogen) atoms. The lowest BCUT2D eigenvalue weighted by molar-refractivity contribution is 0.0405. The summed E-state index contributed by atoms with van der Waals surface area (Å²) >= 11 is 0. The second-order valence-corrected chi connectivity index (χ2v) is 8.02. The zero-order valence-electron chi connectivity index (χ0n) is 19.4. The molecule has 176 valence electrons. The van der Waals surface area contributed by atoms with Crippen LogP contribution in [-0.4, -0.2) is 69.8 Å². The summed E-state index contributed by atoms with van der Waals surface area (Å²) in [6.07, 6.45) is 1.27. The van der Waals surface area contributed by atoms with E-state index >= 15 is 0 Å². The molecule has 1 atom stereocenters. The molecule has 0 radical (unpaired) electrons. The number of carbonyl (C=O) groups is 3. The maximum absolute atomic E-state index is 13.5. The van der Waals surface area contributed by atoms with E-state index in [2.05, 4.69) is 9.97 Å². The lowest BCUT2D eigenvalue weighted by Crippen LogP contribution is -2.55. The molecule has 2 aromatic rings. The van der Waals surface area contributed by atoms with Crippen LogP contribution in [0.25, 0.3) is 0 Å². The molecule has 0 N–H and O–H groups in total. The molecule has 9 heteroatoms. The first-order valence-corrected chi connectivity index (χ1v) is 11.2. The maximum atomic E-state index is 13.5. The molecule has 0 aliphatic carbocycles. The van der Waals surface area contributed by atoms with Gasteiger partial charge in [-0.15, -0.1) is 0 Å². The largest absolute Gasteiger partial charge is 0.462 e. The standard InChI is InChI=1S/C24H29FN4O4/c1-5-7-19-20(24(32)33-6-2)21(27-16(4)26-19)23(31)28-12-13-29(15(3)14-28)22(30)17-8-10-18(25)11-9-17/h8-11,15H,5-7,12-14H2,1-4H3. The van der Waals surface area contributed by atoms with E-state index in [1.54, 1.807) is 23.6 Å². The maximum Gasteiger partial charge on any atom is 0.342 e. The van der Waals surface area contributed by atoms with E-state index in [0.29, 0.717) is 30.0 Å². The normalized spacial score (nSPS) is 16.0. The number of benzene rings is 1. The molecule has 1 fully saturated rings. The molecule has 2 heterocycles. The number of piperazine rings is 1. The molecule has 1 saturated heterocycles. The zero-order chi connectivity index (χ0) is 24.1. The summed E-state index contributed by atoms with van der Waals surface area (Å²) in [6, 6.07) is 5.13. The van der Waals surface area contributed by atoms with Crippen LogP contribution in [0.5, 0.6) is 0 Å². The SMILES string of the molecule is CCCc1nc(C)nc(C(=O)N2CCN(C(=O)c3ccc(F)cc3)C(C)C2)c1C(=O)OCC. The number of aryl methyl sites for hydroxylation is 2. The smallest absolute Gasteiger partial charge is 0.342 e. The van der Waals surface area contributed by atoms with E-state index < -0.39 is 11.8 Å². The molecule has 1 aliphatic heterocycles. The predicted molar refractivity (Wildman–Crippen MR) is 120 cm³/mol. The average Bonchev–Trinajstić information content (AvgIpc) is 2.78. The van der Waals surface area contributed by atoms with Gasteiger partial charge in [-0.2, -0.15) is 0 Å². The van der Waals surface area contributed by atoms with Crippen LogP contribution in [0.2, 0.25) is 0 Å². The van der Waals surface area contributed by atoms with Gasteiger partial charge in [-0.1, -0.05) is 13.3 Å². The number of carbonyl (C=O) groups excluding carboxylic acids is 3. The Morgan fingerprint density at radius 2 is 1.79 bits per heavy atom. The van der Waals surface area contributed by atoms with Crippen molar-refractivity contribution in [2.45, 2.75) is 46.6 Å². The van der Waals surface area contributed by atoms with Crippen LogP contribution in [0, 0.1) is 12.7 Å². The molecule has 8 nitrogen and oxygen atoms in total. The second kappa shape index (κ2) is 10.5. The van der Waals surface area contributed by atoms with Crippen LogP contribution < -0.4 is 0 Å². The highest BCUT2D eigenvalue weighted by molar-refractivity contribution is 6.04. The van der Waals surface area contributed by atoms with Crippen molar-refractivity contribution in [3.05, 3.63) is 58.4 Å². The molecule has 1 aliphatic rings. The van der Waals surface area contributed by atoms with Crippen molar-refractivity contribution in [2.24, 2.45) is 0 Å². The third kappa shape index (κ3) is 5.35. The van der Waals surface area contributed by atoms with E-state index in [4.69, 9.17) is 4.74 Å². The number of rotatable bonds is 6. The predicted octanol–water partition coefficient (Wildman–Crippen LogP) is 3.04. The molecule has 0 bridgehead atoms. The van der Waals surface area contributed by atoms with E-state index in [1.165, 1.54) is 24.3 Å². The van der Waals surface area contributed by atoms with Gasteiger partial charge in [0.15, 0.2) is 0 Å². The van der Waals surface area contributed by atoms with Gasteiger partial charge in [0.25, 0.3) is 11.8 Å². The minimum atomic E-state index is -0.609. The first-order chi connectivity index (χ1) is 15.8. The van der Waals surface area contributed by atoms with Crippen molar-refractivity contribution >= 4 is 17.8 Å². The molecular weight excluding hydrogens is 427 g/mol. The number of amides is 2. The van der Waals surface area contributed by atoms with E-state index in [9.17, 15) is 18.8 Å². The fourth-order valence-corrected chi connectivity index (χ4v) is 3.97. The van der Waals surface area contributed by atoms with E-state index in [0.717, 1.165) is 6.42 Å². The number of ether oxygens (including phenoxy) is 1. The van der Waals surface area contributed by atoms with Gasteiger partial charge in [-0.25, -0.2) is 19.2 Å². The van der Waals surface area contributed by atoms with Gasteiger partial charge in [0.2, 0.25) is 0 Å². The number of aromatic nitrogens is 2. The third-order valence-electron chi connectivity index (χ3n) is 5.53. The Bertz CT molecular complexity index is 1040. The molecule has 1 aromatic carbocycles. The van der Waals surface area contributed by atoms with Crippen molar-refractivity contribution in [3.63, 3.8) is 0 Å². The number of halogens is 1. The molecule has 2 amide bonds. The van der Waals surface area contributed by atoms with Crippen molar-refractivity contribution < 1.29 is 23.5 Å². The van der Waals surface area contributed by atoms with Crippen molar-refractivity contribution in [2.75, 3.05) is 26.2 Å². The Morgan fingerprint density at radius 1 is 1.09 bits per heavy atom. The summed E-state index contributed by atoms with van der Waals surface area (Å²) in [5, 5.41) is 0. The van der Waals surface area contributed by atoms with Crippen LogP contribution in [-0.2, 0) is 11.2 Å². The number of hydrogen-bond donors (Lipinski definition) is 0. The highest BCUT2D eigenvalue weighted by atomic mass is 19.1. The minimum absolute atomic E-state index is 0.0370. The van der Waals surface area contributed by atoms with Gasteiger partial charge in [-0.05, 0) is 51.5 Å². The van der Waals surface area contributed by atoms with Crippen molar-refractivity contribution in [1.82, 2.24) is 19.8 Å². The highest BCUT2D eigenvalue weighted by Crippen LogP contribution is 2.21. The monoisotopic (exact) mass is 456 g/mol. The summed E-state index contributed by atoms with van der Waals surface area (Å²) in [4.78, 5) is 51.0. The molecule has 0 spiro atoms. The van der Waals surface area contributed by atoms with Gasteiger partial charge in [0.05, 0.1) is 12.3 Å². The Kier molecular flexibility index (Phi) is 7.73. The molecular formula is C24H29FN4O4. The second-order valence-electron chi connectivity index (χ2n) is 8.02. The van der Waals surface area contributed by atoms with Crippen LogP contribution in [0.1, 0.15) is 69.9 Å². The number of nitrogens with zero attached hydrogens (tertiary/aromatic N) is 4. The summed E-state index contributed by atoms with van der Waals surface area (Å²) in [5.74, 6) is -1.21. The first-order valence-electron chi connectivity index (χ1n) is 11.2. The first kappa shape index (κ1) is 24.3. The third-order valence-corrected chi connectivity index (χ3v) is 5.53. The summed E-state index contributed by atoms with van der Waals surface area (Å²) < 4.78 is 18.4. The number of esters is 1. The molecule has 3 rings (SSSR count). The fraction of sp³-hybridized carbons (Fsp3) is 0.458. The van der Waals surface area contributed by atoms with E-state index in [-0.39, 0.29) is 48.8 Å². The number of hydrogen-bond acceptors (Lipinski definition) is 6. The Morgan fingerprint density at radius 3 is 2.39 bits per heavy atom. The average molecular weight is 457 g/mol. The van der Waals surface area contributed by atoms with Crippen LogP contribution >= 0.6 is 0 Å². The Hall–Kier alpha value is -3.36. The van der Waals surface area contributed by atoms with Crippen LogP contribution in [0.4, 0.5) is 4.39 Å². The summed E-state index contributed by atoms with van der Waals surface area (Å²) in [7, 11) is 0. The Balaban J connectivity index is 1.84. The quantitative estimate of drug-likeness (QED) is 0.621. The van der Waals surface area contributed by atoms with Crippen LogP contribution in [0.3, 0.4) is 0 Å². The lowest BCUT2D eigenvalue weighted by atomic mass is 10.0. The topological polar surface area (TPSA) is 92.7 Å². The molecule has 1 aromatic heterocycles. The van der Waals surface area contributed by atoms with Gasteiger partial charge < -0.3 is 14.5 Å². The highest BCUT2D eigenvalue weighted by Gasteiger charge is 2.34. The van der Waals surface area contributed by atoms with Crippen molar-refractivity contribution in [3.8, 4) is 0 Å². The zero-order valence-corrected chi connectivity index (χ0v) is 19.4. The van der Waals surface area contributed by atoms with Crippen LogP contribution in [0.15, 0.2) is 24.3 Å². The van der Waals surface area contributed by atoms with Gasteiger partial charge in [0.1, 0.15) is 22.9 Å². The molecule has 1 unspecified atom stereocenters.